The largest absolute Gasteiger partial charge is 0.317 e. The molecule has 1 fully saturated rings. The van der Waals surface area contributed by atoms with Crippen LogP contribution < -0.4 is 5.32 Å². The minimum atomic E-state index is -0.301. The Morgan fingerprint density at radius 2 is 2.00 bits per heavy atom. The second-order valence-corrected chi connectivity index (χ2v) is 6.63. The van der Waals surface area contributed by atoms with Crippen molar-refractivity contribution in [2.75, 3.05) is 13.1 Å². The van der Waals surface area contributed by atoms with Gasteiger partial charge in [0.25, 0.3) is 0 Å². The predicted octanol–water partition coefficient (Wildman–Crippen LogP) is 3.41. The SMILES string of the molecule is Fc1ccc(CN(Cc2cncnc2)[C@@H]2CCCNCC2)c(Cl)c1. The molecule has 0 saturated carbocycles. The topological polar surface area (TPSA) is 41.1 Å². The molecule has 24 heavy (non-hydrogen) atoms. The molecule has 128 valence electrons. The molecule has 2 aromatic rings. The third-order valence-electron chi connectivity index (χ3n) is 4.45. The van der Waals surface area contributed by atoms with Crippen LogP contribution in [-0.2, 0) is 13.1 Å². The standard InChI is InChI=1S/C18H22ClFN4/c19-18-8-16(20)4-3-15(18)12-24(11-14-9-22-13-23-10-14)17-2-1-6-21-7-5-17/h3-4,8-10,13,17,21H,1-2,5-7,11-12H2/t17-/m1/s1. The first kappa shape index (κ1) is 17.3. The Labute approximate surface area is 147 Å². The number of hydrogen-bond donors (Lipinski definition) is 1. The Bertz CT molecular complexity index is 645. The van der Waals surface area contributed by atoms with E-state index in [9.17, 15) is 4.39 Å². The summed E-state index contributed by atoms with van der Waals surface area (Å²) in [5.41, 5.74) is 2.03. The Kier molecular flexibility index (Phi) is 6.12. The number of nitrogens with one attached hydrogen (secondary N) is 1. The highest BCUT2D eigenvalue weighted by Gasteiger charge is 2.21. The van der Waals surface area contributed by atoms with Crippen molar-refractivity contribution in [2.45, 2.75) is 38.4 Å². The molecule has 0 unspecified atom stereocenters. The minimum absolute atomic E-state index is 0.301. The average molecular weight is 349 g/mol. The molecule has 1 atom stereocenters. The molecular formula is C18H22ClFN4. The monoisotopic (exact) mass is 348 g/mol. The molecule has 1 aromatic heterocycles. The van der Waals surface area contributed by atoms with Crippen LogP contribution in [0.25, 0.3) is 0 Å². The zero-order valence-corrected chi connectivity index (χ0v) is 14.3. The fourth-order valence-corrected chi connectivity index (χ4v) is 3.42. The van der Waals surface area contributed by atoms with Gasteiger partial charge in [0.15, 0.2) is 0 Å². The maximum absolute atomic E-state index is 13.3. The van der Waals surface area contributed by atoms with Crippen molar-refractivity contribution in [3.05, 3.63) is 58.9 Å². The van der Waals surface area contributed by atoms with Crippen molar-refractivity contribution < 1.29 is 4.39 Å². The summed E-state index contributed by atoms with van der Waals surface area (Å²) in [4.78, 5) is 10.6. The zero-order chi connectivity index (χ0) is 16.8. The summed E-state index contributed by atoms with van der Waals surface area (Å²) in [6.45, 7) is 3.54. The molecule has 0 radical (unpaired) electrons. The Hall–Kier alpha value is -1.56. The first-order chi connectivity index (χ1) is 11.7. The van der Waals surface area contributed by atoms with Crippen molar-refractivity contribution >= 4 is 11.6 Å². The highest BCUT2D eigenvalue weighted by molar-refractivity contribution is 6.31. The normalized spacial score (nSPS) is 18.5. The van der Waals surface area contributed by atoms with Crippen molar-refractivity contribution in [3.8, 4) is 0 Å². The van der Waals surface area contributed by atoms with Gasteiger partial charge in [-0.1, -0.05) is 17.7 Å². The van der Waals surface area contributed by atoms with E-state index in [2.05, 4.69) is 20.2 Å². The van der Waals surface area contributed by atoms with Crippen molar-refractivity contribution in [1.29, 1.82) is 0 Å². The predicted molar refractivity (Wildman–Crippen MR) is 93.2 cm³/mol. The van der Waals surface area contributed by atoms with Gasteiger partial charge in [0, 0.05) is 42.1 Å². The summed E-state index contributed by atoms with van der Waals surface area (Å²) in [5.74, 6) is -0.301. The Morgan fingerprint density at radius 3 is 2.79 bits per heavy atom. The number of rotatable bonds is 5. The Balaban J connectivity index is 1.80. The van der Waals surface area contributed by atoms with Crippen LogP contribution in [0.2, 0.25) is 5.02 Å². The minimum Gasteiger partial charge on any atom is -0.317 e. The molecule has 1 aliphatic rings. The van der Waals surface area contributed by atoms with E-state index in [1.807, 2.05) is 12.4 Å². The first-order valence-corrected chi connectivity index (χ1v) is 8.73. The van der Waals surface area contributed by atoms with Crippen LogP contribution in [0.5, 0.6) is 0 Å². The number of benzene rings is 1. The quantitative estimate of drug-likeness (QED) is 0.899. The molecule has 0 aliphatic carbocycles. The summed E-state index contributed by atoms with van der Waals surface area (Å²) < 4.78 is 13.3. The van der Waals surface area contributed by atoms with Crippen molar-refractivity contribution in [1.82, 2.24) is 20.2 Å². The van der Waals surface area contributed by atoms with Crippen LogP contribution in [0.15, 0.2) is 36.9 Å². The van der Waals surface area contributed by atoms with Crippen molar-refractivity contribution in [3.63, 3.8) is 0 Å². The van der Waals surface area contributed by atoms with E-state index in [0.717, 1.165) is 50.0 Å². The molecule has 0 spiro atoms. The van der Waals surface area contributed by atoms with Gasteiger partial charge in [0.2, 0.25) is 0 Å². The smallest absolute Gasteiger partial charge is 0.124 e. The van der Waals surface area contributed by atoms with Gasteiger partial charge in [-0.3, -0.25) is 4.90 Å². The van der Waals surface area contributed by atoms with Gasteiger partial charge < -0.3 is 5.32 Å². The number of nitrogens with zero attached hydrogens (tertiary/aromatic N) is 3. The van der Waals surface area contributed by atoms with Gasteiger partial charge in [-0.05, 0) is 50.0 Å². The molecule has 0 bridgehead atoms. The van der Waals surface area contributed by atoms with Crippen LogP contribution in [0.3, 0.4) is 0 Å². The zero-order valence-electron chi connectivity index (χ0n) is 13.6. The molecule has 4 nitrogen and oxygen atoms in total. The fourth-order valence-electron chi connectivity index (χ4n) is 3.19. The van der Waals surface area contributed by atoms with Crippen LogP contribution in [0.4, 0.5) is 4.39 Å². The molecule has 1 aromatic carbocycles. The lowest BCUT2D eigenvalue weighted by atomic mass is 10.0. The molecule has 1 saturated heterocycles. The van der Waals surface area contributed by atoms with Crippen LogP contribution in [-0.4, -0.2) is 34.0 Å². The van der Waals surface area contributed by atoms with Gasteiger partial charge >= 0.3 is 0 Å². The Morgan fingerprint density at radius 1 is 1.17 bits per heavy atom. The maximum atomic E-state index is 13.3. The van der Waals surface area contributed by atoms with Gasteiger partial charge in [0.1, 0.15) is 12.1 Å². The number of aromatic nitrogens is 2. The lowest BCUT2D eigenvalue weighted by Crippen LogP contribution is -2.35. The van der Waals surface area contributed by atoms with Crippen LogP contribution in [0, 0.1) is 5.82 Å². The summed E-state index contributed by atoms with van der Waals surface area (Å²) >= 11 is 6.24. The van der Waals surface area contributed by atoms with Gasteiger partial charge in [0.05, 0.1) is 0 Å². The lowest BCUT2D eigenvalue weighted by Gasteiger charge is -2.31. The second kappa shape index (κ2) is 8.51. The van der Waals surface area contributed by atoms with E-state index < -0.39 is 0 Å². The molecule has 2 heterocycles. The van der Waals surface area contributed by atoms with E-state index in [1.165, 1.54) is 12.1 Å². The summed E-state index contributed by atoms with van der Waals surface area (Å²) in [5, 5.41) is 3.93. The van der Waals surface area contributed by atoms with E-state index in [4.69, 9.17) is 11.6 Å². The highest BCUT2D eigenvalue weighted by Crippen LogP contribution is 2.24. The molecular weight excluding hydrogens is 327 g/mol. The number of hydrogen-bond acceptors (Lipinski definition) is 4. The first-order valence-electron chi connectivity index (χ1n) is 8.35. The molecule has 6 heteroatoms. The maximum Gasteiger partial charge on any atom is 0.124 e. The van der Waals surface area contributed by atoms with Crippen LogP contribution in [0.1, 0.15) is 30.4 Å². The summed E-state index contributed by atoms with van der Waals surface area (Å²) in [7, 11) is 0. The molecule has 3 rings (SSSR count). The molecule has 0 amide bonds. The third-order valence-corrected chi connectivity index (χ3v) is 4.80. The van der Waals surface area contributed by atoms with Crippen LogP contribution >= 0.6 is 11.6 Å². The second-order valence-electron chi connectivity index (χ2n) is 6.22. The highest BCUT2D eigenvalue weighted by atomic mass is 35.5. The summed E-state index contributed by atoms with van der Waals surface area (Å²) in [6, 6.07) is 5.09. The fraction of sp³-hybridized carbons (Fsp3) is 0.444. The third kappa shape index (κ3) is 4.72. The summed E-state index contributed by atoms with van der Waals surface area (Å²) in [6.07, 6.45) is 8.62. The number of halogens is 2. The van der Waals surface area contributed by atoms with E-state index in [0.29, 0.717) is 17.6 Å². The van der Waals surface area contributed by atoms with E-state index in [-0.39, 0.29) is 5.82 Å². The van der Waals surface area contributed by atoms with E-state index >= 15 is 0 Å². The molecule has 1 N–H and O–H groups in total. The molecule has 1 aliphatic heterocycles. The van der Waals surface area contributed by atoms with Gasteiger partial charge in [-0.15, -0.1) is 0 Å². The van der Waals surface area contributed by atoms with E-state index in [1.54, 1.807) is 12.4 Å². The van der Waals surface area contributed by atoms with Gasteiger partial charge in [-0.2, -0.15) is 0 Å². The van der Waals surface area contributed by atoms with Crippen molar-refractivity contribution in [2.24, 2.45) is 0 Å². The lowest BCUT2D eigenvalue weighted by molar-refractivity contribution is 0.164. The average Bonchev–Trinajstić information content (AvgIpc) is 2.87. The van der Waals surface area contributed by atoms with Gasteiger partial charge in [-0.25, -0.2) is 14.4 Å².